The summed E-state index contributed by atoms with van der Waals surface area (Å²) in [5.74, 6) is 5.32. The van der Waals surface area contributed by atoms with Gasteiger partial charge in [-0.05, 0) is 37.9 Å². The maximum Gasteiger partial charge on any atom is 0.265 e. The molecule has 0 atom stereocenters. The Kier molecular flexibility index (Phi) is 3.92. The largest absolute Gasteiger partial charge is 0.313 e. The van der Waals surface area contributed by atoms with E-state index in [9.17, 15) is 4.79 Å². The second-order valence-corrected chi connectivity index (χ2v) is 5.66. The van der Waals surface area contributed by atoms with Gasteiger partial charge in [-0.15, -0.1) is 5.10 Å². The van der Waals surface area contributed by atoms with Crippen molar-refractivity contribution in [3.8, 4) is 0 Å². The lowest BCUT2D eigenvalue weighted by molar-refractivity contribution is 0.729. The summed E-state index contributed by atoms with van der Waals surface area (Å²) in [6, 6.07) is 1.69. The molecule has 2 aromatic heterocycles. The molecule has 3 N–H and O–H groups in total. The average molecular weight is 381 g/mol. The fraction of sp³-hybridized carbons (Fsp3) is 0.125. The predicted molar refractivity (Wildman–Crippen MR) is 72.9 cm³/mol. The van der Waals surface area contributed by atoms with Crippen LogP contribution < -0.4 is 16.8 Å². The molecule has 90 valence electrons. The molecule has 17 heavy (non-hydrogen) atoms. The minimum atomic E-state index is -0.135. The first-order chi connectivity index (χ1) is 8.11. The van der Waals surface area contributed by atoms with Crippen molar-refractivity contribution in [2.75, 3.05) is 5.43 Å². The summed E-state index contributed by atoms with van der Waals surface area (Å²) in [6.45, 7) is 0.312. The van der Waals surface area contributed by atoms with Crippen LogP contribution in [0, 0.1) is 0 Å². The van der Waals surface area contributed by atoms with Crippen LogP contribution in [-0.2, 0) is 6.54 Å². The van der Waals surface area contributed by atoms with Crippen molar-refractivity contribution < 1.29 is 0 Å². The molecule has 2 heterocycles. The quantitative estimate of drug-likeness (QED) is 0.623. The minimum absolute atomic E-state index is 0.135. The van der Waals surface area contributed by atoms with Gasteiger partial charge in [0, 0.05) is 22.2 Å². The molecule has 0 spiro atoms. The van der Waals surface area contributed by atoms with Crippen molar-refractivity contribution in [3.63, 3.8) is 0 Å². The van der Waals surface area contributed by atoms with Gasteiger partial charge in [0.05, 0.1) is 11.0 Å². The molecule has 0 saturated heterocycles. The van der Waals surface area contributed by atoms with E-state index in [0.29, 0.717) is 21.7 Å². The number of aromatic nitrogens is 3. The standard InChI is InChI=1S/C8H7Br2N5OS/c9-4-1-5(10)8(16)15(2-4)3-6-7(12-11)17-14-13-6/h1-2,12H,3,11H2. The van der Waals surface area contributed by atoms with E-state index in [0.717, 1.165) is 16.0 Å². The second kappa shape index (κ2) is 5.25. The van der Waals surface area contributed by atoms with Gasteiger partial charge < -0.3 is 9.99 Å². The second-order valence-electron chi connectivity index (χ2n) is 3.13. The third-order valence-electron chi connectivity index (χ3n) is 2.02. The number of nitrogens with two attached hydrogens (primary N) is 1. The maximum atomic E-state index is 11.8. The molecule has 0 aromatic carbocycles. The Morgan fingerprint density at radius 1 is 1.53 bits per heavy atom. The molecule has 0 aliphatic rings. The molecule has 0 fully saturated rings. The Morgan fingerprint density at radius 2 is 2.29 bits per heavy atom. The van der Waals surface area contributed by atoms with E-state index in [1.807, 2.05) is 0 Å². The first kappa shape index (κ1) is 12.7. The number of halogens is 2. The lowest BCUT2D eigenvalue weighted by Crippen LogP contribution is -2.21. The first-order valence-corrected chi connectivity index (χ1v) is 6.81. The number of nitrogens with zero attached hydrogens (tertiary/aromatic N) is 3. The Labute approximate surface area is 117 Å². The fourth-order valence-corrected chi connectivity index (χ4v) is 3.01. The highest BCUT2D eigenvalue weighted by atomic mass is 79.9. The average Bonchev–Trinajstić information content (AvgIpc) is 2.72. The van der Waals surface area contributed by atoms with Gasteiger partial charge in [0.2, 0.25) is 0 Å². The normalized spacial score (nSPS) is 10.5. The number of nitrogen functional groups attached to an aromatic ring is 1. The van der Waals surface area contributed by atoms with Crippen LogP contribution in [-0.4, -0.2) is 14.2 Å². The molecule has 0 aliphatic carbocycles. The number of nitrogens with one attached hydrogen (secondary N) is 1. The van der Waals surface area contributed by atoms with Gasteiger partial charge in [-0.1, -0.05) is 4.49 Å². The van der Waals surface area contributed by atoms with Crippen LogP contribution in [0.1, 0.15) is 5.69 Å². The molecular formula is C8H7Br2N5OS. The summed E-state index contributed by atoms with van der Waals surface area (Å²) < 4.78 is 6.58. The van der Waals surface area contributed by atoms with Crippen molar-refractivity contribution >= 4 is 48.4 Å². The van der Waals surface area contributed by atoms with Gasteiger partial charge in [0.15, 0.2) is 0 Å². The van der Waals surface area contributed by atoms with Crippen molar-refractivity contribution in [1.82, 2.24) is 14.2 Å². The zero-order valence-corrected chi connectivity index (χ0v) is 12.3. The Hall–Kier alpha value is -0.770. The van der Waals surface area contributed by atoms with Crippen LogP contribution in [0.4, 0.5) is 5.00 Å². The van der Waals surface area contributed by atoms with Gasteiger partial charge in [-0.3, -0.25) is 4.79 Å². The van der Waals surface area contributed by atoms with Crippen molar-refractivity contribution in [3.05, 3.63) is 37.3 Å². The van der Waals surface area contributed by atoms with E-state index in [1.54, 1.807) is 12.3 Å². The highest BCUT2D eigenvalue weighted by Crippen LogP contribution is 2.18. The molecule has 0 saturated carbocycles. The Balaban J connectivity index is 2.40. The number of rotatable bonds is 3. The summed E-state index contributed by atoms with van der Waals surface area (Å²) >= 11 is 7.67. The molecule has 0 amide bonds. The number of pyridine rings is 1. The third kappa shape index (κ3) is 2.73. The topological polar surface area (TPSA) is 85.8 Å². The summed E-state index contributed by atoms with van der Waals surface area (Å²) in [5, 5.41) is 4.56. The van der Waals surface area contributed by atoms with E-state index in [4.69, 9.17) is 5.84 Å². The number of hydrogen-bond donors (Lipinski definition) is 2. The molecular weight excluding hydrogens is 374 g/mol. The smallest absolute Gasteiger partial charge is 0.265 e. The minimum Gasteiger partial charge on any atom is -0.313 e. The fourth-order valence-electron chi connectivity index (χ4n) is 1.27. The Bertz CT molecular complexity index is 596. The van der Waals surface area contributed by atoms with E-state index in [2.05, 4.69) is 46.9 Å². The number of hydrogen-bond acceptors (Lipinski definition) is 6. The lowest BCUT2D eigenvalue weighted by atomic mass is 10.4. The monoisotopic (exact) mass is 379 g/mol. The lowest BCUT2D eigenvalue weighted by Gasteiger charge is -2.06. The summed E-state index contributed by atoms with van der Waals surface area (Å²) in [7, 11) is 0. The predicted octanol–water partition coefficient (Wildman–Crippen LogP) is 1.56. The zero-order chi connectivity index (χ0) is 12.4. The molecule has 2 rings (SSSR count). The number of hydrazine groups is 1. The van der Waals surface area contributed by atoms with Crippen LogP contribution in [0.3, 0.4) is 0 Å². The van der Waals surface area contributed by atoms with Crippen LogP contribution in [0.15, 0.2) is 26.0 Å². The first-order valence-electron chi connectivity index (χ1n) is 4.45. The van der Waals surface area contributed by atoms with Gasteiger partial charge in [-0.2, -0.15) is 0 Å². The zero-order valence-electron chi connectivity index (χ0n) is 8.35. The van der Waals surface area contributed by atoms with E-state index < -0.39 is 0 Å². The molecule has 2 aromatic rings. The summed E-state index contributed by atoms with van der Waals surface area (Å²) in [5.41, 5.74) is 2.99. The van der Waals surface area contributed by atoms with Gasteiger partial charge >= 0.3 is 0 Å². The molecule has 9 heteroatoms. The molecule has 0 unspecified atom stereocenters. The van der Waals surface area contributed by atoms with E-state index >= 15 is 0 Å². The maximum absolute atomic E-state index is 11.8. The highest BCUT2D eigenvalue weighted by Gasteiger charge is 2.10. The molecule has 0 aliphatic heterocycles. The van der Waals surface area contributed by atoms with Crippen LogP contribution in [0.5, 0.6) is 0 Å². The molecule has 0 bridgehead atoms. The van der Waals surface area contributed by atoms with Gasteiger partial charge in [-0.25, -0.2) is 5.84 Å². The van der Waals surface area contributed by atoms with Crippen LogP contribution in [0.2, 0.25) is 0 Å². The van der Waals surface area contributed by atoms with E-state index in [1.165, 1.54) is 4.57 Å². The van der Waals surface area contributed by atoms with Crippen LogP contribution >= 0.6 is 43.4 Å². The van der Waals surface area contributed by atoms with Crippen molar-refractivity contribution in [1.29, 1.82) is 0 Å². The molecule has 0 radical (unpaired) electrons. The van der Waals surface area contributed by atoms with Crippen molar-refractivity contribution in [2.24, 2.45) is 5.84 Å². The van der Waals surface area contributed by atoms with Gasteiger partial charge in [0.25, 0.3) is 5.56 Å². The summed E-state index contributed by atoms with van der Waals surface area (Å²) in [4.78, 5) is 11.8. The highest BCUT2D eigenvalue weighted by molar-refractivity contribution is 9.11. The van der Waals surface area contributed by atoms with Crippen LogP contribution in [0.25, 0.3) is 0 Å². The van der Waals surface area contributed by atoms with Crippen molar-refractivity contribution in [2.45, 2.75) is 6.54 Å². The third-order valence-corrected chi connectivity index (χ3v) is 3.72. The van der Waals surface area contributed by atoms with Gasteiger partial charge in [0.1, 0.15) is 10.7 Å². The molecule has 6 nitrogen and oxygen atoms in total. The number of anilines is 1. The summed E-state index contributed by atoms with van der Waals surface area (Å²) in [6.07, 6.45) is 1.69. The Morgan fingerprint density at radius 3 is 3.00 bits per heavy atom. The van der Waals surface area contributed by atoms with E-state index in [-0.39, 0.29) is 5.56 Å². The SMILES string of the molecule is NNc1snnc1Cn1cc(Br)cc(Br)c1=O.